The predicted molar refractivity (Wildman–Crippen MR) is 135 cm³/mol. The second kappa shape index (κ2) is 16.7. The van der Waals surface area contributed by atoms with E-state index in [0.29, 0.717) is 24.9 Å². The highest BCUT2D eigenvalue weighted by atomic mass is 19.4. The average Bonchev–Trinajstić information content (AvgIpc) is 2.88. The molecule has 0 amide bonds. The van der Waals surface area contributed by atoms with Crippen molar-refractivity contribution in [3.63, 3.8) is 0 Å². The molecule has 41 heavy (non-hydrogen) atoms. The van der Waals surface area contributed by atoms with Crippen LogP contribution < -0.4 is 11.3 Å². The summed E-state index contributed by atoms with van der Waals surface area (Å²) in [6.07, 6.45) is -4.37. The van der Waals surface area contributed by atoms with E-state index in [4.69, 9.17) is 30.3 Å². The third-order valence-corrected chi connectivity index (χ3v) is 5.47. The smallest absolute Gasteiger partial charge is 0.475 e. The van der Waals surface area contributed by atoms with Crippen LogP contribution in [0.1, 0.15) is 36.9 Å². The SMILES string of the molecule is CN(CCC1CCCCO1)Cc1ccc(-c2nc(CCN)cc(=O)[nH]2)cc1.O=C(O)C(F)(F)F.O=C(O)C(F)(F)F. The number of aromatic amines is 1. The van der Waals surface area contributed by atoms with Crippen LogP contribution in [0.25, 0.3) is 11.4 Å². The Bertz CT molecular complexity index is 1120. The lowest BCUT2D eigenvalue weighted by Gasteiger charge is -2.25. The number of carbonyl (C=O) groups is 2. The van der Waals surface area contributed by atoms with E-state index < -0.39 is 24.3 Å². The summed E-state index contributed by atoms with van der Waals surface area (Å²) in [5.74, 6) is -4.92. The molecule has 3 rings (SSSR count). The Morgan fingerprint density at radius 3 is 2.10 bits per heavy atom. The summed E-state index contributed by atoms with van der Waals surface area (Å²) < 4.78 is 69.3. The van der Waals surface area contributed by atoms with Gasteiger partial charge in [-0.25, -0.2) is 14.6 Å². The van der Waals surface area contributed by atoms with Crippen LogP contribution in [0.15, 0.2) is 35.1 Å². The molecule has 1 atom stereocenters. The van der Waals surface area contributed by atoms with Gasteiger partial charge in [-0.15, -0.1) is 0 Å². The summed E-state index contributed by atoms with van der Waals surface area (Å²) >= 11 is 0. The fourth-order valence-electron chi connectivity index (χ4n) is 3.48. The van der Waals surface area contributed by atoms with Gasteiger partial charge in [-0.3, -0.25) is 4.79 Å². The Balaban J connectivity index is 0.000000497. The maximum atomic E-state index is 11.8. The molecular formula is C25H32F6N4O6. The molecule has 10 nitrogen and oxygen atoms in total. The van der Waals surface area contributed by atoms with E-state index in [9.17, 15) is 31.1 Å². The van der Waals surface area contributed by atoms with Crippen LogP contribution in [0.2, 0.25) is 0 Å². The number of nitrogens with one attached hydrogen (secondary N) is 1. The molecule has 1 aliphatic rings. The van der Waals surface area contributed by atoms with Gasteiger partial charge in [0, 0.05) is 43.4 Å². The first-order valence-electron chi connectivity index (χ1n) is 12.3. The Hall–Kier alpha value is -3.50. The van der Waals surface area contributed by atoms with Crippen LogP contribution in [0.3, 0.4) is 0 Å². The molecule has 1 fully saturated rings. The predicted octanol–water partition coefficient (Wildman–Crippen LogP) is 3.60. The van der Waals surface area contributed by atoms with Crippen molar-refractivity contribution < 1.29 is 50.9 Å². The van der Waals surface area contributed by atoms with Gasteiger partial charge < -0.3 is 30.6 Å². The minimum Gasteiger partial charge on any atom is -0.475 e. The van der Waals surface area contributed by atoms with Gasteiger partial charge in [0.15, 0.2) is 0 Å². The molecule has 1 saturated heterocycles. The van der Waals surface area contributed by atoms with Crippen molar-refractivity contribution in [2.24, 2.45) is 5.73 Å². The van der Waals surface area contributed by atoms with Crippen LogP contribution in [0.5, 0.6) is 0 Å². The highest BCUT2D eigenvalue weighted by Crippen LogP contribution is 2.18. The van der Waals surface area contributed by atoms with Gasteiger partial charge in [-0.1, -0.05) is 24.3 Å². The van der Waals surface area contributed by atoms with Crippen molar-refractivity contribution in [2.45, 2.75) is 57.1 Å². The van der Waals surface area contributed by atoms with E-state index in [1.807, 2.05) is 12.1 Å². The number of halogens is 6. The summed E-state index contributed by atoms with van der Waals surface area (Å²) in [7, 11) is 2.14. The minimum atomic E-state index is -5.08. The number of hydrogen-bond acceptors (Lipinski definition) is 7. The van der Waals surface area contributed by atoms with E-state index >= 15 is 0 Å². The zero-order valence-electron chi connectivity index (χ0n) is 22.1. The fourth-order valence-corrected chi connectivity index (χ4v) is 3.48. The average molecular weight is 599 g/mol. The number of nitrogens with two attached hydrogens (primary N) is 1. The lowest BCUT2D eigenvalue weighted by atomic mass is 10.1. The first kappa shape index (κ1) is 35.5. The van der Waals surface area contributed by atoms with E-state index in [1.54, 1.807) is 0 Å². The molecule has 2 aromatic rings. The summed E-state index contributed by atoms with van der Waals surface area (Å²) in [6, 6.07) is 9.72. The molecule has 1 unspecified atom stereocenters. The standard InChI is InChI=1S/C21H30N4O2.2C2HF3O2/c1-25(12-10-19-4-2-3-13-27-19)15-16-5-7-17(8-6-16)21-23-18(9-11-22)14-20(26)24-21;2*3-2(4,5)1(6)7/h5-8,14,19H,2-4,9-13,15,22H2,1H3,(H,23,24,26);2*(H,6,7). The Kier molecular flexibility index (Phi) is 14.5. The maximum absolute atomic E-state index is 11.8. The third-order valence-electron chi connectivity index (χ3n) is 5.47. The molecule has 0 bridgehead atoms. The number of ether oxygens (including phenoxy) is 1. The maximum Gasteiger partial charge on any atom is 0.490 e. The zero-order valence-corrected chi connectivity index (χ0v) is 22.1. The Labute approximate surface area is 231 Å². The normalized spacial score (nSPS) is 15.3. The monoisotopic (exact) mass is 598 g/mol. The van der Waals surface area contributed by atoms with Gasteiger partial charge in [-0.05, 0) is 44.8 Å². The number of carboxylic acids is 2. The number of alkyl halides is 6. The van der Waals surface area contributed by atoms with Crippen molar-refractivity contribution in [3.05, 3.63) is 51.9 Å². The van der Waals surface area contributed by atoms with Crippen molar-refractivity contribution in [1.82, 2.24) is 14.9 Å². The van der Waals surface area contributed by atoms with E-state index in [2.05, 4.69) is 34.0 Å². The molecule has 1 aromatic carbocycles. The summed E-state index contributed by atoms with van der Waals surface area (Å²) in [4.78, 5) is 39.3. The number of nitrogens with zero attached hydrogens (tertiary/aromatic N) is 2. The molecule has 0 aliphatic carbocycles. The first-order valence-corrected chi connectivity index (χ1v) is 12.3. The van der Waals surface area contributed by atoms with Gasteiger partial charge in [-0.2, -0.15) is 26.3 Å². The molecule has 5 N–H and O–H groups in total. The minimum absolute atomic E-state index is 0.141. The van der Waals surface area contributed by atoms with Gasteiger partial charge in [0.1, 0.15) is 5.82 Å². The molecule has 1 aliphatic heterocycles. The quantitative estimate of drug-likeness (QED) is 0.333. The molecule has 16 heteroatoms. The number of carboxylic acid groups (broad SMARTS) is 2. The van der Waals surface area contributed by atoms with Gasteiger partial charge in [0.05, 0.1) is 6.10 Å². The zero-order chi connectivity index (χ0) is 31.2. The highest BCUT2D eigenvalue weighted by Gasteiger charge is 2.38. The largest absolute Gasteiger partial charge is 0.490 e. The molecule has 0 radical (unpaired) electrons. The van der Waals surface area contributed by atoms with E-state index in [-0.39, 0.29) is 5.56 Å². The molecule has 0 saturated carbocycles. The van der Waals surface area contributed by atoms with E-state index in [0.717, 1.165) is 37.4 Å². The third kappa shape index (κ3) is 14.6. The van der Waals surface area contributed by atoms with Crippen molar-refractivity contribution in [1.29, 1.82) is 0 Å². The van der Waals surface area contributed by atoms with Crippen LogP contribution in [-0.4, -0.2) is 82.2 Å². The second-order valence-electron chi connectivity index (χ2n) is 8.94. The number of aliphatic carboxylic acids is 2. The lowest BCUT2D eigenvalue weighted by Crippen LogP contribution is -2.26. The van der Waals surface area contributed by atoms with Crippen molar-refractivity contribution in [2.75, 3.05) is 26.7 Å². The van der Waals surface area contributed by atoms with Crippen molar-refractivity contribution >= 4 is 11.9 Å². The molecule has 0 spiro atoms. The van der Waals surface area contributed by atoms with Crippen LogP contribution in [0, 0.1) is 0 Å². The summed E-state index contributed by atoms with van der Waals surface area (Å²) in [6.45, 7) is 3.32. The first-order chi connectivity index (χ1) is 19.0. The summed E-state index contributed by atoms with van der Waals surface area (Å²) in [5.41, 5.74) is 8.31. The van der Waals surface area contributed by atoms with Gasteiger partial charge in [0.25, 0.3) is 5.56 Å². The van der Waals surface area contributed by atoms with Crippen molar-refractivity contribution in [3.8, 4) is 11.4 Å². The lowest BCUT2D eigenvalue weighted by molar-refractivity contribution is -0.193. The van der Waals surface area contributed by atoms with Crippen LogP contribution >= 0.6 is 0 Å². The Morgan fingerprint density at radius 2 is 1.63 bits per heavy atom. The number of H-pyrrole nitrogens is 1. The van der Waals surface area contributed by atoms with Crippen LogP contribution in [0.4, 0.5) is 26.3 Å². The number of aromatic nitrogens is 2. The second-order valence-corrected chi connectivity index (χ2v) is 8.94. The highest BCUT2D eigenvalue weighted by molar-refractivity contribution is 5.73. The molecular weight excluding hydrogens is 566 g/mol. The van der Waals surface area contributed by atoms with Gasteiger partial charge in [0.2, 0.25) is 0 Å². The number of benzene rings is 1. The molecule has 230 valence electrons. The van der Waals surface area contributed by atoms with Gasteiger partial charge >= 0.3 is 24.3 Å². The fraction of sp³-hybridized carbons (Fsp3) is 0.520. The molecule has 2 heterocycles. The van der Waals surface area contributed by atoms with Crippen LogP contribution in [-0.2, 0) is 27.3 Å². The summed E-state index contributed by atoms with van der Waals surface area (Å²) in [5, 5.41) is 14.2. The topological polar surface area (TPSA) is 159 Å². The number of hydrogen-bond donors (Lipinski definition) is 4. The number of rotatable bonds is 8. The molecule has 1 aromatic heterocycles. The van der Waals surface area contributed by atoms with E-state index in [1.165, 1.54) is 30.9 Å². The Morgan fingerprint density at radius 1 is 1.07 bits per heavy atom.